The smallest absolute Gasteiger partial charge is 0.266 e. The predicted molar refractivity (Wildman–Crippen MR) is 66.6 cm³/mol. The van der Waals surface area contributed by atoms with E-state index >= 15 is 0 Å². The molecule has 100 valence electrons. The van der Waals surface area contributed by atoms with Crippen LogP contribution >= 0.6 is 0 Å². The topological polar surface area (TPSA) is 43.4 Å². The fraction of sp³-hybridized carbons (Fsp3) is 0.538. The van der Waals surface area contributed by atoms with Crippen molar-refractivity contribution in [3.63, 3.8) is 0 Å². The van der Waals surface area contributed by atoms with Gasteiger partial charge in [-0.05, 0) is 44.2 Å². The first-order valence-electron chi connectivity index (χ1n) is 6.07. The molecule has 2 atom stereocenters. The van der Waals surface area contributed by atoms with Gasteiger partial charge in [-0.15, -0.1) is 0 Å². The van der Waals surface area contributed by atoms with E-state index in [0.29, 0.717) is 19.3 Å². The minimum Gasteiger partial charge on any atom is -0.266 e. The van der Waals surface area contributed by atoms with E-state index in [1.807, 2.05) is 6.92 Å². The monoisotopic (exact) mass is 272 g/mol. The summed E-state index contributed by atoms with van der Waals surface area (Å²) in [6.07, 6.45) is 0.813. The van der Waals surface area contributed by atoms with Crippen LogP contribution in [0, 0.1) is 12.8 Å². The van der Waals surface area contributed by atoms with Crippen LogP contribution in [0.5, 0.6) is 0 Å². The van der Waals surface area contributed by atoms with Gasteiger partial charge in [-0.2, -0.15) is 8.42 Å². The summed E-state index contributed by atoms with van der Waals surface area (Å²) in [5.74, 6) is 0.0141. The predicted octanol–water partition coefficient (Wildman–Crippen LogP) is 2.84. The lowest BCUT2D eigenvalue weighted by molar-refractivity contribution is 0.244. The van der Waals surface area contributed by atoms with E-state index in [2.05, 4.69) is 0 Å². The maximum atomic E-state index is 13.0. The third-order valence-electron chi connectivity index (χ3n) is 3.25. The van der Waals surface area contributed by atoms with Gasteiger partial charge in [0.05, 0.1) is 11.5 Å². The van der Waals surface area contributed by atoms with Gasteiger partial charge in [0.2, 0.25) is 0 Å². The van der Waals surface area contributed by atoms with Crippen LogP contribution in [0.15, 0.2) is 29.2 Å². The van der Waals surface area contributed by atoms with Crippen LogP contribution in [0.1, 0.15) is 24.8 Å². The first-order chi connectivity index (χ1) is 8.47. The van der Waals surface area contributed by atoms with Crippen LogP contribution in [-0.2, 0) is 14.3 Å². The summed E-state index contributed by atoms with van der Waals surface area (Å²) >= 11 is 0. The van der Waals surface area contributed by atoms with Gasteiger partial charge >= 0.3 is 0 Å². The second-order valence-electron chi connectivity index (χ2n) is 4.83. The summed E-state index contributed by atoms with van der Waals surface area (Å²) in [6.45, 7) is 1.97. The van der Waals surface area contributed by atoms with Crippen molar-refractivity contribution in [2.75, 3.05) is 6.61 Å². The van der Waals surface area contributed by atoms with Gasteiger partial charge in [-0.25, -0.2) is 4.39 Å². The highest BCUT2D eigenvalue weighted by atomic mass is 32.2. The highest BCUT2D eigenvalue weighted by molar-refractivity contribution is 7.86. The molecular weight excluding hydrogens is 255 g/mol. The van der Waals surface area contributed by atoms with Gasteiger partial charge < -0.3 is 0 Å². The normalized spacial score (nSPS) is 24.3. The highest BCUT2D eigenvalue weighted by Gasteiger charge is 2.26. The molecule has 0 bridgehead atoms. The summed E-state index contributed by atoms with van der Waals surface area (Å²) in [6, 6.07) is 6.50. The minimum absolute atomic E-state index is 0.0141. The Hall–Kier alpha value is -0.940. The molecule has 1 saturated carbocycles. The second kappa shape index (κ2) is 5.36. The Morgan fingerprint density at radius 3 is 2.50 bits per heavy atom. The van der Waals surface area contributed by atoms with Crippen molar-refractivity contribution in [3.05, 3.63) is 29.8 Å². The molecule has 1 aromatic rings. The molecule has 2 rings (SSSR count). The zero-order valence-electron chi connectivity index (χ0n) is 10.3. The molecular formula is C13H17FO3S. The van der Waals surface area contributed by atoms with E-state index in [4.69, 9.17) is 4.18 Å². The van der Waals surface area contributed by atoms with Gasteiger partial charge in [0, 0.05) is 0 Å². The van der Waals surface area contributed by atoms with E-state index in [1.165, 1.54) is 12.1 Å². The lowest BCUT2D eigenvalue weighted by Crippen LogP contribution is -2.13. The third kappa shape index (κ3) is 3.29. The molecule has 0 aliphatic heterocycles. The summed E-state index contributed by atoms with van der Waals surface area (Å²) in [5, 5.41) is 0. The largest absolute Gasteiger partial charge is 0.296 e. The van der Waals surface area contributed by atoms with E-state index in [0.717, 1.165) is 5.56 Å². The third-order valence-corrected chi connectivity index (χ3v) is 4.54. The fourth-order valence-corrected chi connectivity index (χ4v) is 3.10. The molecule has 1 aliphatic carbocycles. The molecule has 3 nitrogen and oxygen atoms in total. The quantitative estimate of drug-likeness (QED) is 0.792. The second-order valence-corrected chi connectivity index (χ2v) is 6.44. The standard InChI is InChI=1S/C13H17FO3S/c1-10-2-6-13(7-3-10)18(15,16)17-9-11-4-5-12(14)8-11/h2-3,6-7,11-12H,4-5,8-9H2,1H3/t11-,12-/m1/s1. The molecule has 0 radical (unpaired) electrons. The Labute approximate surface area is 107 Å². The van der Waals surface area contributed by atoms with E-state index < -0.39 is 16.3 Å². The summed E-state index contributed by atoms with van der Waals surface area (Å²) in [7, 11) is -3.70. The van der Waals surface area contributed by atoms with Gasteiger partial charge in [0.15, 0.2) is 0 Å². The van der Waals surface area contributed by atoms with E-state index in [9.17, 15) is 12.8 Å². The minimum atomic E-state index is -3.70. The van der Waals surface area contributed by atoms with Crippen LogP contribution in [0.2, 0.25) is 0 Å². The highest BCUT2D eigenvalue weighted by Crippen LogP contribution is 2.28. The molecule has 0 heterocycles. The first kappa shape index (κ1) is 13.5. The lowest BCUT2D eigenvalue weighted by Gasteiger charge is -2.10. The van der Waals surface area contributed by atoms with Crippen LogP contribution in [0.4, 0.5) is 4.39 Å². The first-order valence-corrected chi connectivity index (χ1v) is 7.48. The summed E-state index contributed by atoms with van der Waals surface area (Å²) < 4.78 is 41.7. The molecule has 1 fully saturated rings. The summed E-state index contributed by atoms with van der Waals surface area (Å²) in [5.41, 5.74) is 0.991. The SMILES string of the molecule is Cc1ccc(S(=O)(=O)OC[C@@H]2CC[C@@H](F)C2)cc1. The van der Waals surface area contributed by atoms with Crippen molar-refractivity contribution in [2.24, 2.45) is 5.92 Å². The maximum Gasteiger partial charge on any atom is 0.296 e. The number of alkyl halides is 1. The van der Waals surface area contributed by atoms with Gasteiger partial charge in [-0.1, -0.05) is 17.7 Å². The van der Waals surface area contributed by atoms with E-state index in [-0.39, 0.29) is 17.4 Å². The Morgan fingerprint density at radius 2 is 1.94 bits per heavy atom. The molecule has 0 amide bonds. The molecule has 1 aromatic carbocycles. The Kier molecular flexibility index (Phi) is 4.02. The molecule has 0 saturated heterocycles. The molecule has 0 aromatic heterocycles. The van der Waals surface area contributed by atoms with Crippen molar-refractivity contribution in [1.29, 1.82) is 0 Å². The zero-order valence-corrected chi connectivity index (χ0v) is 11.1. The number of benzene rings is 1. The van der Waals surface area contributed by atoms with E-state index in [1.54, 1.807) is 12.1 Å². The molecule has 5 heteroatoms. The molecule has 0 unspecified atom stereocenters. The number of hydrogen-bond acceptors (Lipinski definition) is 3. The number of aryl methyl sites for hydroxylation is 1. The molecule has 0 spiro atoms. The Morgan fingerprint density at radius 1 is 1.28 bits per heavy atom. The van der Waals surface area contributed by atoms with Gasteiger partial charge in [-0.3, -0.25) is 4.18 Å². The Bertz CT molecular complexity index is 495. The van der Waals surface area contributed by atoms with Crippen LogP contribution < -0.4 is 0 Å². The number of rotatable bonds is 4. The average Bonchev–Trinajstić information content (AvgIpc) is 2.73. The van der Waals surface area contributed by atoms with Crippen molar-refractivity contribution < 1.29 is 17.0 Å². The number of halogens is 1. The van der Waals surface area contributed by atoms with Gasteiger partial charge in [0.1, 0.15) is 6.17 Å². The molecule has 18 heavy (non-hydrogen) atoms. The number of hydrogen-bond donors (Lipinski definition) is 0. The molecule has 1 aliphatic rings. The van der Waals surface area contributed by atoms with Crippen molar-refractivity contribution in [3.8, 4) is 0 Å². The Balaban J connectivity index is 1.97. The fourth-order valence-electron chi connectivity index (χ4n) is 2.12. The van der Waals surface area contributed by atoms with Crippen LogP contribution in [-0.4, -0.2) is 21.2 Å². The summed E-state index contributed by atoms with van der Waals surface area (Å²) in [4.78, 5) is 0.155. The van der Waals surface area contributed by atoms with Crippen molar-refractivity contribution in [2.45, 2.75) is 37.3 Å². The van der Waals surface area contributed by atoms with Crippen molar-refractivity contribution in [1.82, 2.24) is 0 Å². The lowest BCUT2D eigenvalue weighted by atomic mass is 10.1. The zero-order chi connectivity index (χ0) is 13.2. The molecule has 0 N–H and O–H groups in total. The maximum absolute atomic E-state index is 13.0. The van der Waals surface area contributed by atoms with Gasteiger partial charge in [0.25, 0.3) is 10.1 Å². The average molecular weight is 272 g/mol. The van der Waals surface area contributed by atoms with Crippen molar-refractivity contribution >= 4 is 10.1 Å². The van der Waals surface area contributed by atoms with Crippen LogP contribution in [0.25, 0.3) is 0 Å². The van der Waals surface area contributed by atoms with Crippen LogP contribution in [0.3, 0.4) is 0 Å².